The molecule has 0 saturated heterocycles. The normalized spacial score (nSPS) is 10.4. The van der Waals surface area contributed by atoms with Gasteiger partial charge in [0.25, 0.3) is 0 Å². The molecule has 0 fully saturated rings. The zero-order chi connectivity index (χ0) is 11.9. The van der Waals surface area contributed by atoms with Gasteiger partial charge in [0.1, 0.15) is 5.51 Å². The molecule has 0 spiro atoms. The summed E-state index contributed by atoms with van der Waals surface area (Å²) in [5.41, 5.74) is 8.46. The van der Waals surface area contributed by atoms with Gasteiger partial charge in [-0.05, 0) is 24.6 Å². The van der Waals surface area contributed by atoms with E-state index in [2.05, 4.69) is 26.1 Å². The molecule has 0 aliphatic rings. The summed E-state index contributed by atoms with van der Waals surface area (Å²) in [5.74, 6) is 0. The average molecular weight is 249 g/mol. The third kappa shape index (κ3) is 3.47. The highest BCUT2D eigenvalue weighted by Gasteiger charge is 2.09. The summed E-state index contributed by atoms with van der Waals surface area (Å²) in [7, 11) is 0. The summed E-state index contributed by atoms with van der Waals surface area (Å²) in [6.45, 7) is 2.37. The summed E-state index contributed by atoms with van der Waals surface area (Å²) >= 11 is 1.54. The van der Waals surface area contributed by atoms with Crippen LogP contribution >= 0.6 is 11.3 Å². The summed E-state index contributed by atoms with van der Waals surface area (Å²) in [6.07, 6.45) is 4.59. The monoisotopic (exact) mass is 249 g/mol. The van der Waals surface area contributed by atoms with E-state index in [1.807, 2.05) is 12.3 Å². The first kappa shape index (κ1) is 11.9. The number of pyridine rings is 1. The fourth-order valence-corrected chi connectivity index (χ4v) is 2.13. The van der Waals surface area contributed by atoms with Crippen LogP contribution in [-0.2, 0) is 6.54 Å². The smallest absolute Gasteiger partial charge is 0.208 e. The van der Waals surface area contributed by atoms with E-state index in [1.54, 1.807) is 23.0 Å². The highest BCUT2D eigenvalue weighted by atomic mass is 32.1. The lowest BCUT2D eigenvalue weighted by molar-refractivity contribution is 0.727. The Morgan fingerprint density at radius 2 is 2.35 bits per heavy atom. The summed E-state index contributed by atoms with van der Waals surface area (Å²) in [5, 5.41) is 8.90. The van der Waals surface area contributed by atoms with Crippen molar-refractivity contribution in [2.45, 2.75) is 13.0 Å². The van der Waals surface area contributed by atoms with Crippen molar-refractivity contribution in [3.63, 3.8) is 0 Å². The molecule has 0 aliphatic carbocycles. The molecule has 0 unspecified atom stereocenters. The van der Waals surface area contributed by atoms with E-state index in [0.717, 1.165) is 24.6 Å². The number of aromatic nitrogens is 3. The highest BCUT2D eigenvalue weighted by Crippen LogP contribution is 2.18. The van der Waals surface area contributed by atoms with E-state index in [9.17, 15) is 0 Å². The van der Waals surface area contributed by atoms with Gasteiger partial charge in [0.05, 0.1) is 0 Å². The molecular formula is C11H15N5S. The zero-order valence-corrected chi connectivity index (χ0v) is 10.3. The van der Waals surface area contributed by atoms with E-state index in [1.165, 1.54) is 5.56 Å². The lowest BCUT2D eigenvalue weighted by Gasteiger charge is -2.20. The molecule has 0 amide bonds. The number of hydrogen-bond donors (Lipinski definition) is 1. The van der Waals surface area contributed by atoms with Gasteiger partial charge in [0.15, 0.2) is 0 Å². The average Bonchev–Trinajstić information content (AvgIpc) is 2.89. The maximum Gasteiger partial charge on any atom is 0.208 e. The number of nitrogens with zero attached hydrogens (tertiary/aromatic N) is 4. The van der Waals surface area contributed by atoms with Crippen molar-refractivity contribution >= 4 is 16.5 Å². The summed E-state index contributed by atoms with van der Waals surface area (Å²) < 4.78 is 0. The molecule has 90 valence electrons. The largest absolute Gasteiger partial charge is 0.342 e. The van der Waals surface area contributed by atoms with Crippen LogP contribution in [0.1, 0.15) is 12.0 Å². The zero-order valence-electron chi connectivity index (χ0n) is 9.49. The Kier molecular flexibility index (Phi) is 4.40. The minimum atomic E-state index is 0.683. The second-order valence-electron chi connectivity index (χ2n) is 3.65. The molecule has 2 rings (SSSR count). The molecule has 5 nitrogen and oxygen atoms in total. The minimum absolute atomic E-state index is 0.683. The molecule has 0 aliphatic heterocycles. The van der Waals surface area contributed by atoms with Crippen molar-refractivity contribution in [2.24, 2.45) is 5.73 Å². The third-order valence-electron chi connectivity index (χ3n) is 2.35. The van der Waals surface area contributed by atoms with Crippen LogP contribution in [-0.4, -0.2) is 28.3 Å². The Balaban J connectivity index is 2.06. The number of rotatable bonds is 6. The van der Waals surface area contributed by atoms with Crippen LogP contribution in [0.3, 0.4) is 0 Å². The molecule has 0 aromatic carbocycles. The van der Waals surface area contributed by atoms with Gasteiger partial charge in [-0.25, -0.2) is 0 Å². The van der Waals surface area contributed by atoms with Crippen molar-refractivity contribution in [1.29, 1.82) is 0 Å². The first-order valence-electron chi connectivity index (χ1n) is 5.50. The molecule has 2 N–H and O–H groups in total. The van der Waals surface area contributed by atoms with Crippen molar-refractivity contribution in [3.05, 3.63) is 35.6 Å². The van der Waals surface area contributed by atoms with E-state index >= 15 is 0 Å². The molecule has 6 heteroatoms. The molecule has 0 radical (unpaired) electrons. The second kappa shape index (κ2) is 6.27. The molecule has 2 aromatic rings. The van der Waals surface area contributed by atoms with Crippen LogP contribution < -0.4 is 10.6 Å². The van der Waals surface area contributed by atoms with Gasteiger partial charge in [0.2, 0.25) is 5.13 Å². The number of anilines is 1. The Labute approximate surface area is 104 Å². The van der Waals surface area contributed by atoms with Crippen LogP contribution in [0, 0.1) is 0 Å². The molecule has 17 heavy (non-hydrogen) atoms. The first-order chi connectivity index (χ1) is 8.40. The maximum atomic E-state index is 5.55. The fraction of sp³-hybridized carbons (Fsp3) is 0.364. The van der Waals surface area contributed by atoms with Crippen LogP contribution in [0.15, 0.2) is 30.0 Å². The SMILES string of the molecule is NCCCN(Cc1cccnc1)c1nncs1. The van der Waals surface area contributed by atoms with Gasteiger partial charge in [-0.1, -0.05) is 17.4 Å². The topological polar surface area (TPSA) is 67.9 Å². The first-order valence-corrected chi connectivity index (χ1v) is 6.38. The molecule has 0 bridgehead atoms. The van der Waals surface area contributed by atoms with Gasteiger partial charge in [-0.2, -0.15) is 0 Å². The lowest BCUT2D eigenvalue weighted by atomic mass is 10.2. The number of nitrogens with two attached hydrogens (primary N) is 1. The van der Waals surface area contributed by atoms with Crippen LogP contribution in [0.5, 0.6) is 0 Å². The quantitative estimate of drug-likeness (QED) is 0.835. The van der Waals surface area contributed by atoms with Gasteiger partial charge in [-0.3, -0.25) is 4.98 Å². The molecule has 0 atom stereocenters. The van der Waals surface area contributed by atoms with Crippen LogP contribution in [0.25, 0.3) is 0 Å². The van der Waals surface area contributed by atoms with E-state index < -0.39 is 0 Å². The summed E-state index contributed by atoms with van der Waals surface area (Å²) in [4.78, 5) is 6.30. The van der Waals surface area contributed by atoms with Gasteiger partial charge in [0, 0.05) is 25.5 Å². The summed E-state index contributed by atoms with van der Waals surface area (Å²) in [6, 6.07) is 4.00. The van der Waals surface area contributed by atoms with Crippen molar-refractivity contribution < 1.29 is 0 Å². The van der Waals surface area contributed by atoms with E-state index in [-0.39, 0.29) is 0 Å². The lowest BCUT2D eigenvalue weighted by Crippen LogP contribution is -2.25. The van der Waals surface area contributed by atoms with Crippen LogP contribution in [0.2, 0.25) is 0 Å². The van der Waals surface area contributed by atoms with E-state index in [4.69, 9.17) is 5.73 Å². The Hall–Kier alpha value is -1.53. The number of hydrogen-bond acceptors (Lipinski definition) is 6. The third-order valence-corrected chi connectivity index (χ3v) is 3.10. The molecule has 0 saturated carbocycles. The fourth-order valence-electron chi connectivity index (χ4n) is 1.54. The van der Waals surface area contributed by atoms with Gasteiger partial charge >= 0.3 is 0 Å². The van der Waals surface area contributed by atoms with Crippen molar-refractivity contribution in [1.82, 2.24) is 15.2 Å². The standard InChI is InChI=1S/C11H15N5S/c12-4-2-6-16(11-15-14-9-17-11)8-10-3-1-5-13-7-10/h1,3,5,7,9H,2,4,6,8,12H2. The molecular weight excluding hydrogens is 234 g/mol. The Morgan fingerprint density at radius 1 is 1.41 bits per heavy atom. The van der Waals surface area contributed by atoms with Crippen LogP contribution in [0.4, 0.5) is 5.13 Å². The predicted molar refractivity (Wildman–Crippen MR) is 68.9 cm³/mol. The maximum absolute atomic E-state index is 5.55. The Morgan fingerprint density at radius 3 is 3.00 bits per heavy atom. The second-order valence-corrected chi connectivity index (χ2v) is 4.46. The van der Waals surface area contributed by atoms with Crippen molar-refractivity contribution in [2.75, 3.05) is 18.0 Å². The Bertz CT molecular complexity index is 417. The molecule has 2 aromatic heterocycles. The van der Waals surface area contributed by atoms with Gasteiger partial charge in [-0.15, -0.1) is 10.2 Å². The predicted octanol–water partition coefficient (Wildman–Crippen LogP) is 1.29. The van der Waals surface area contributed by atoms with Crippen molar-refractivity contribution in [3.8, 4) is 0 Å². The molecule has 2 heterocycles. The highest BCUT2D eigenvalue weighted by molar-refractivity contribution is 7.13. The van der Waals surface area contributed by atoms with E-state index in [0.29, 0.717) is 6.54 Å². The minimum Gasteiger partial charge on any atom is -0.342 e. The van der Waals surface area contributed by atoms with Gasteiger partial charge < -0.3 is 10.6 Å².